The van der Waals surface area contributed by atoms with Crippen LogP contribution in [-0.4, -0.2) is 26.4 Å². The molecule has 0 saturated heterocycles. The molecule has 1 unspecified atom stereocenters. The summed E-state index contributed by atoms with van der Waals surface area (Å²) in [5.74, 6) is 0.944. The van der Waals surface area contributed by atoms with Gasteiger partial charge in [-0.2, -0.15) is 0 Å². The second kappa shape index (κ2) is 5.57. The number of imidazole rings is 1. The molecule has 1 atom stereocenters. The third-order valence-electron chi connectivity index (χ3n) is 4.43. The van der Waals surface area contributed by atoms with Crippen LogP contribution in [0, 0.1) is 0 Å². The normalized spacial score (nSPS) is 15.7. The maximum absolute atomic E-state index is 13.0. The molecule has 0 N–H and O–H groups in total. The average Bonchev–Trinajstić information content (AvgIpc) is 3.11. The highest BCUT2D eigenvalue weighted by Gasteiger charge is 2.35. The molecule has 1 aromatic carbocycles. The monoisotopic (exact) mass is 309 g/mol. The molecule has 118 valence electrons. The van der Waals surface area contributed by atoms with Gasteiger partial charge in [0.05, 0.1) is 30.2 Å². The molecule has 0 bridgehead atoms. The van der Waals surface area contributed by atoms with Gasteiger partial charge in [0.25, 0.3) is 0 Å². The van der Waals surface area contributed by atoms with Crippen molar-refractivity contribution in [1.82, 2.24) is 14.5 Å². The number of benzene rings is 1. The summed E-state index contributed by atoms with van der Waals surface area (Å²) in [5.41, 5.74) is 1.90. The fraction of sp³-hybridized carbons (Fsp3) is 0.333. The summed E-state index contributed by atoms with van der Waals surface area (Å²) in [4.78, 5) is 19.4. The summed E-state index contributed by atoms with van der Waals surface area (Å²) in [7, 11) is 0. The summed E-state index contributed by atoms with van der Waals surface area (Å²) < 4.78 is 7.37. The zero-order chi connectivity index (χ0) is 15.8. The van der Waals surface area contributed by atoms with Gasteiger partial charge in [-0.25, -0.2) is 4.98 Å². The molecule has 5 nitrogen and oxygen atoms in total. The Kier molecular flexibility index (Phi) is 3.41. The summed E-state index contributed by atoms with van der Waals surface area (Å²) in [5, 5.41) is 0. The van der Waals surface area contributed by atoms with Crippen LogP contribution in [0.15, 0.2) is 53.4 Å². The van der Waals surface area contributed by atoms with Gasteiger partial charge in [0.2, 0.25) is 5.91 Å². The van der Waals surface area contributed by atoms with Gasteiger partial charge < -0.3 is 13.9 Å². The molecule has 1 aliphatic carbocycles. The molecule has 2 aromatic heterocycles. The Morgan fingerprint density at radius 1 is 1.35 bits per heavy atom. The molecule has 0 radical (unpaired) electrons. The number of aromatic nitrogens is 2. The van der Waals surface area contributed by atoms with Gasteiger partial charge >= 0.3 is 0 Å². The van der Waals surface area contributed by atoms with Gasteiger partial charge in [0.1, 0.15) is 11.8 Å². The quantitative estimate of drug-likeness (QED) is 0.726. The van der Waals surface area contributed by atoms with E-state index in [-0.39, 0.29) is 11.9 Å². The molecule has 3 aromatic rings. The SMILES string of the molecule is CC(C(=O)N(Cc1ccco1)C1CC1)n1cnc2ccccc21. The van der Waals surface area contributed by atoms with Crippen molar-refractivity contribution >= 4 is 16.9 Å². The van der Waals surface area contributed by atoms with Crippen molar-refractivity contribution in [2.75, 3.05) is 0 Å². The van der Waals surface area contributed by atoms with Gasteiger partial charge in [-0.3, -0.25) is 4.79 Å². The maximum atomic E-state index is 13.0. The molecular weight excluding hydrogens is 290 g/mol. The van der Waals surface area contributed by atoms with Crippen molar-refractivity contribution in [3.05, 3.63) is 54.7 Å². The Hall–Kier alpha value is -2.56. The second-order valence-electron chi connectivity index (χ2n) is 6.09. The van der Waals surface area contributed by atoms with E-state index < -0.39 is 0 Å². The Labute approximate surface area is 134 Å². The predicted molar refractivity (Wildman–Crippen MR) is 86.7 cm³/mol. The van der Waals surface area contributed by atoms with Crippen LogP contribution in [0.4, 0.5) is 0 Å². The first-order valence-corrected chi connectivity index (χ1v) is 7.98. The lowest BCUT2D eigenvalue weighted by molar-refractivity contribution is -0.135. The Morgan fingerprint density at radius 3 is 2.91 bits per heavy atom. The van der Waals surface area contributed by atoms with Crippen LogP contribution in [0.5, 0.6) is 0 Å². The largest absolute Gasteiger partial charge is 0.467 e. The van der Waals surface area contributed by atoms with E-state index in [4.69, 9.17) is 4.42 Å². The fourth-order valence-electron chi connectivity index (χ4n) is 2.99. The lowest BCUT2D eigenvalue weighted by atomic mass is 10.2. The van der Waals surface area contributed by atoms with Gasteiger partial charge in [-0.05, 0) is 44.0 Å². The molecular formula is C18H19N3O2. The fourth-order valence-corrected chi connectivity index (χ4v) is 2.99. The van der Waals surface area contributed by atoms with Crippen LogP contribution >= 0.6 is 0 Å². The number of amides is 1. The van der Waals surface area contributed by atoms with E-state index in [2.05, 4.69) is 4.98 Å². The highest BCUT2D eigenvalue weighted by molar-refractivity contribution is 5.84. The Bertz CT molecular complexity index is 818. The molecule has 0 spiro atoms. The van der Waals surface area contributed by atoms with E-state index in [0.717, 1.165) is 29.6 Å². The lowest BCUT2D eigenvalue weighted by Gasteiger charge is -2.25. The van der Waals surface area contributed by atoms with Crippen LogP contribution < -0.4 is 0 Å². The predicted octanol–water partition coefficient (Wildman–Crippen LogP) is 3.38. The highest BCUT2D eigenvalue weighted by Crippen LogP contribution is 2.31. The standard InChI is InChI=1S/C18H19N3O2/c1-13(21-12-19-16-6-2-3-7-17(16)21)18(22)20(14-8-9-14)11-15-5-4-10-23-15/h2-7,10,12-14H,8-9,11H2,1H3. The van der Waals surface area contributed by atoms with E-state index in [1.165, 1.54) is 0 Å². The summed E-state index contributed by atoms with van der Waals surface area (Å²) >= 11 is 0. The zero-order valence-electron chi connectivity index (χ0n) is 13.1. The molecule has 1 saturated carbocycles. The number of rotatable bonds is 5. The van der Waals surface area contributed by atoms with Crippen LogP contribution in [0.25, 0.3) is 11.0 Å². The van der Waals surface area contributed by atoms with Crippen LogP contribution in [0.2, 0.25) is 0 Å². The van der Waals surface area contributed by atoms with Crippen molar-refractivity contribution in [3.8, 4) is 0 Å². The molecule has 0 aliphatic heterocycles. The first kappa shape index (κ1) is 14.1. The van der Waals surface area contributed by atoms with E-state index in [0.29, 0.717) is 12.6 Å². The highest BCUT2D eigenvalue weighted by atomic mass is 16.3. The minimum Gasteiger partial charge on any atom is -0.467 e. The third-order valence-corrected chi connectivity index (χ3v) is 4.43. The van der Waals surface area contributed by atoms with Crippen LogP contribution in [0.3, 0.4) is 0 Å². The first-order valence-electron chi connectivity index (χ1n) is 7.98. The summed E-state index contributed by atoms with van der Waals surface area (Å²) in [6, 6.07) is 11.7. The Balaban J connectivity index is 1.61. The smallest absolute Gasteiger partial charge is 0.246 e. The molecule has 4 rings (SSSR count). The topological polar surface area (TPSA) is 51.3 Å². The van der Waals surface area contributed by atoms with Gasteiger partial charge in [-0.1, -0.05) is 12.1 Å². The number of nitrogens with zero attached hydrogens (tertiary/aromatic N) is 3. The summed E-state index contributed by atoms with van der Waals surface area (Å²) in [6.07, 6.45) is 5.55. The second-order valence-corrected chi connectivity index (χ2v) is 6.09. The van der Waals surface area contributed by atoms with E-state index >= 15 is 0 Å². The maximum Gasteiger partial charge on any atom is 0.246 e. The Morgan fingerprint density at radius 2 is 2.17 bits per heavy atom. The minimum atomic E-state index is -0.280. The molecule has 1 amide bonds. The van der Waals surface area contributed by atoms with Crippen LogP contribution in [-0.2, 0) is 11.3 Å². The molecule has 23 heavy (non-hydrogen) atoms. The molecule has 2 heterocycles. The van der Waals surface area contributed by atoms with Crippen molar-refractivity contribution in [2.45, 2.75) is 38.4 Å². The van der Waals surface area contributed by atoms with Gasteiger partial charge in [-0.15, -0.1) is 0 Å². The number of para-hydroxylation sites is 2. The third kappa shape index (κ3) is 2.63. The molecule has 1 fully saturated rings. The van der Waals surface area contributed by atoms with Crippen molar-refractivity contribution in [2.24, 2.45) is 0 Å². The van der Waals surface area contributed by atoms with Crippen LogP contribution in [0.1, 0.15) is 31.6 Å². The number of hydrogen-bond acceptors (Lipinski definition) is 3. The average molecular weight is 309 g/mol. The summed E-state index contributed by atoms with van der Waals surface area (Å²) in [6.45, 7) is 2.47. The number of fused-ring (bicyclic) bond motifs is 1. The first-order chi connectivity index (χ1) is 11.2. The van der Waals surface area contributed by atoms with Crippen molar-refractivity contribution in [3.63, 3.8) is 0 Å². The minimum absolute atomic E-state index is 0.118. The molecule has 5 heteroatoms. The lowest BCUT2D eigenvalue weighted by Crippen LogP contribution is -2.37. The number of carbonyl (C=O) groups excluding carboxylic acids is 1. The zero-order valence-corrected chi connectivity index (χ0v) is 13.1. The number of furan rings is 1. The molecule has 1 aliphatic rings. The van der Waals surface area contributed by atoms with Crippen molar-refractivity contribution in [1.29, 1.82) is 0 Å². The van der Waals surface area contributed by atoms with Gasteiger partial charge in [0, 0.05) is 6.04 Å². The number of hydrogen-bond donors (Lipinski definition) is 0. The van der Waals surface area contributed by atoms with E-state index in [1.807, 2.05) is 52.8 Å². The number of carbonyl (C=O) groups is 1. The van der Waals surface area contributed by atoms with Crippen molar-refractivity contribution < 1.29 is 9.21 Å². The van der Waals surface area contributed by atoms with Gasteiger partial charge in [0.15, 0.2) is 0 Å². The van der Waals surface area contributed by atoms with E-state index in [1.54, 1.807) is 12.6 Å². The van der Waals surface area contributed by atoms with E-state index in [9.17, 15) is 4.79 Å².